The fourth-order valence-corrected chi connectivity index (χ4v) is 4.15. The topological polar surface area (TPSA) is 117 Å². The molecule has 1 fully saturated rings. The van der Waals surface area contributed by atoms with Crippen LogP contribution in [0.2, 0.25) is 0 Å². The van der Waals surface area contributed by atoms with E-state index < -0.39 is 0 Å². The quantitative estimate of drug-likeness (QED) is 0.382. The van der Waals surface area contributed by atoms with Crippen molar-refractivity contribution < 1.29 is 9.52 Å². The minimum atomic E-state index is -0.300. The van der Waals surface area contributed by atoms with Crippen LogP contribution in [0, 0.1) is 0 Å². The number of aliphatic hydroxyl groups is 1. The summed E-state index contributed by atoms with van der Waals surface area (Å²) in [5.41, 5.74) is 9.73. The number of nitrogens with one attached hydrogen (secondary N) is 2. The van der Waals surface area contributed by atoms with E-state index in [1.807, 2.05) is 54.6 Å². The first-order chi connectivity index (χ1) is 15.1. The molecule has 2 aromatic heterocycles. The van der Waals surface area contributed by atoms with Crippen LogP contribution in [0.25, 0.3) is 33.6 Å². The molecule has 0 bridgehead atoms. The fourth-order valence-electron chi connectivity index (χ4n) is 4.15. The molecule has 0 unspecified atom stereocenters. The van der Waals surface area contributed by atoms with Gasteiger partial charge in [0, 0.05) is 23.2 Å². The fraction of sp³-hybridized carbons (Fsp3) is 0.250. The van der Waals surface area contributed by atoms with E-state index in [0.29, 0.717) is 16.7 Å². The number of aliphatic hydroxyl groups excluding tert-OH is 1. The van der Waals surface area contributed by atoms with Crippen LogP contribution in [0.3, 0.4) is 0 Å². The number of benzene rings is 2. The molecule has 31 heavy (non-hydrogen) atoms. The van der Waals surface area contributed by atoms with E-state index in [1.165, 1.54) is 0 Å². The average molecular weight is 416 g/mol. The van der Waals surface area contributed by atoms with Crippen LogP contribution >= 0.6 is 0 Å². The third kappa shape index (κ3) is 3.41. The zero-order valence-electron chi connectivity index (χ0n) is 17.0. The molecule has 1 aliphatic carbocycles. The Hall–Kier alpha value is -3.42. The molecule has 158 valence electrons. The number of aromatic nitrogens is 2. The van der Waals surface area contributed by atoms with Gasteiger partial charge in [0.05, 0.1) is 6.61 Å². The molecular weight excluding hydrogens is 392 g/mol. The van der Waals surface area contributed by atoms with Crippen molar-refractivity contribution in [1.29, 1.82) is 0 Å². The van der Waals surface area contributed by atoms with Crippen molar-refractivity contribution in [3.8, 4) is 22.5 Å². The van der Waals surface area contributed by atoms with Crippen LogP contribution in [-0.4, -0.2) is 28.2 Å². The summed E-state index contributed by atoms with van der Waals surface area (Å²) in [5, 5.41) is 12.3. The van der Waals surface area contributed by atoms with Gasteiger partial charge in [-0.2, -0.15) is 4.98 Å². The van der Waals surface area contributed by atoms with Gasteiger partial charge in [0.25, 0.3) is 5.56 Å². The molecule has 4 aromatic rings. The lowest BCUT2D eigenvalue weighted by Gasteiger charge is -2.38. The van der Waals surface area contributed by atoms with Crippen molar-refractivity contribution in [2.24, 2.45) is 5.73 Å². The van der Waals surface area contributed by atoms with Crippen LogP contribution in [-0.2, 0) is 5.54 Å². The van der Waals surface area contributed by atoms with Gasteiger partial charge in [-0.05, 0) is 30.4 Å². The van der Waals surface area contributed by atoms with Crippen LogP contribution in [0.1, 0.15) is 24.8 Å². The molecule has 0 atom stereocenters. The normalized spacial score (nSPS) is 15.0. The molecule has 0 spiro atoms. The largest absolute Gasteiger partial charge is 0.437 e. The summed E-state index contributed by atoms with van der Waals surface area (Å²) >= 11 is 0. The number of aromatic amines is 1. The smallest absolute Gasteiger partial charge is 0.264 e. The molecule has 0 aliphatic heterocycles. The van der Waals surface area contributed by atoms with Crippen molar-refractivity contribution in [2.75, 3.05) is 18.5 Å². The molecular formula is C24H24N4O3. The van der Waals surface area contributed by atoms with E-state index in [9.17, 15) is 4.79 Å². The summed E-state index contributed by atoms with van der Waals surface area (Å²) in [6.45, 7) is 0.200. The summed E-state index contributed by atoms with van der Waals surface area (Å²) < 4.78 is 6.14. The third-order valence-electron chi connectivity index (χ3n) is 6.00. The first kappa shape index (κ1) is 19.5. The Kier molecular flexibility index (Phi) is 4.84. The molecule has 5 N–H and O–H groups in total. The standard InChI is InChI=1S/C24H24N4O3/c25-24(11-4-12-24)17-9-7-16(8-10-17)20-18(15-5-2-1-3-6-15)19-21(30)27-23(26-13-14-29)28-22(19)31-20/h1-3,5-10,29H,4,11-14,25H2,(H2,26,27,28,30). The lowest BCUT2D eigenvalue weighted by Crippen LogP contribution is -2.43. The lowest BCUT2D eigenvalue weighted by molar-refractivity contribution is 0.253. The van der Waals surface area contributed by atoms with Gasteiger partial charge in [-0.1, -0.05) is 54.6 Å². The predicted octanol–water partition coefficient (Wildman–Crippen LogP) is 3.59. The molecule has 0 amide bonds. The lowest BCUT2D eigenvalue weighted by atomic mass is 9.72. The maximum Gasteiger partial charge on any atom is 0.264 e. The van der Waals surface area contributed by atoms with Gasteiger partial charge < -0.3 is 20.6 Å². The Morgan fingerprint density at radius 2 is 1.84 bits per heavy atom. The zero-order valence-corrected chi connectivity index (χ0v) is 17.0. The molecule has 1 saturated carbocycles. The predicted molar refractivity (Wildman–Crippen MR) is 121 cm³/mol. The summed E-state index contributed by atoms with van der Waals surface area (Å²) in [4.78, 5) is 20.1. The van der Waals surface area contributed by atoms with Crippen LogP contribution < -0.4 is 16.6 Å². The molecule has 2 heterocycles. The number of anilines is 1. The van der Waals surface area contributed by atoms with Gasteiger partial charge in [0.2, 0.25) is 11.7 Å². The van der Waals surface area contributed by atoms with Gasteiger partial charge in [0.15, 0.2) is 0 Å². The van der Waals surface area contributed by atoms with E-state index >= 15 is 0 Å². The number of hydrogen-bond donors (Lipinski definition) is 4. The second-order valence-electron chi connectivity index (χ2n) is 8.00. The number of nitrogens with zero attached hydrogens (tertiary/aromatic N) is 1. The van der Waals surface area contributed by atoms with Gasteiger partial charge in [-0.25, -0.2) is 0 Å². The van der Waals surface area contributed by atoms with Crippen LogP contribution in [0.15, 0.2) is 63.8 Å². The van der Waals surface area contributed by atoms with Crippen molar-refractivity contribution >= 4 is 17.0 Å². The third-order valence-corrected chi connectivity index (χ3v) is 6.00. The van der Waals surface area contributed by atoms with E-state index in [-0.39, 0.29) is 35.9 Å². The van der Waals surface area contributed by atoms with Crippen molar-refractivity contribution in [3.05, 3.63) is 70.5 Å². The SMILES string of the molecule is NC1(c2ccc(-c3oc4nc(NCCO)[nH]c(=O)c4c3-c3ccccc3)cc2)CCC1. The second-order valence-corrected chi connectivity index (χ2v) is 8.00. The Morgan fingerprint density at radius 3 is 2.48 bits per heavy atom. The molecule has 2 aromatic carbocycles. The molecule has 5 rings (SSSR count). The van der Waals surface area contributed by atoms with E-state index in [1.54, 1.807) is 0 Å². The second kappa shape index (κ2) is 7.68. The Bertz CT molecular complexity index is 1270. The number of H-pyrrole nitrogens is 1. The van der Waals surface area contributed by atoms with Gasteiger partial charge in [-0.15, -0.1) is 0 Å². The van der Waals surface area contributed by atoms with Gasteiger partial charge in [-0.3, -0.25) is 9.78 Å². The first-order valence-corrected chi connectivity index (χ1v) is 10.5. The number of furan rings is 1. The van der Waals surface area contributed by atoms with Gasteiger partial charge >= 0.3 is 0 Å². The number of nitrogens with two attached hydrogens (primary N) is 1. The average Bonchev–Trinajstić information content (AvgIpc) is 3.17. The Balaban J connectivity index is 1.68. The maximum absolute atomic E-state index is 13.0. The first-order valence-electron chi connectivity index (χ1n) is 10.5. The van der Waals surface area contributed by atoms with Crippen LogP contribution in [0.5, 0.6) is 0 Å². The monoisotopic (exact) mass is 416 g/mol. The molecule has 0 saturated heterocycles. The Labute approximate surface area is 178 Å². The van der Waals surface area contributed by atoms with Crippen molar-refractivity contribution in [1.82, 2.24) is 9.97 Å². The summed E-state index contributed by atoms with van der Waals surface area (Å²) in [5.74, 6) is 0.849. The van der Waals surface area contributed by atoms with Crippen molar-refractivity contribution in [2.45, 2.75) is 24.8 Å². The minimum absolute atomic E-state index is 0.0740. The number of fused-ring (bicyclic) bond motifs is 1. The maximum atomic E-state index is 13.0. The van der Waals surface area contributed by atoms with E-state index in [2.05, 4.69) is 15.3 Å². The minimum Gasteiger partial charge on any atom is -0.437 e. The number of rotatable bonds is 6. The zero-order chi connectivity index (χ0) is 21.4. The molecule has 0 radical (unpaired) electrons. The van der Waals surface area contributed by atoms with Gasteiger partial charge in [0.1, 0.15) is 11.1 Å². The molecule has 1 aliphatic rings. The van der Waals surface area contributed by atoms with Crippen LogP contribution in [0.4, 0.5) is 5.95 Å². The molecule has 7 heteroatoms. The van der Waals surface area contributed by atoms with E-state index in [4.69, 9.17) is 15.3 Å². The highest BCUT2D eigenvalue weighted by atomic mass is 16.3. The highest BCUT2D eigenvalue weighted by Crippen LogP contribution is 2.42. The highest BCUT2D eigenvalue weighted by Gasteiger charge is 2.34. The molecule has 7 nitrogen and oxygen atoms in total. The summed E-state index contributed by atoms with van der Waals surface area (Å²) in [6.07, 6.45) is 3.14. The Morgan fingerprint density at radius 1 is 1.10 bits per heavy atom. The van der Waals surface area contributed by atoms with Crippen molar-refractivity contribution in [3.63, 3.8) is 0 Å². The summed E-state index contributed by atoms with van der Waals surface area (Å²) in [7, 11) is 0. The summed E-state index contributed by atoms with van der Waals surface area (Å²) in [6, 6.07) is 17.7. The highest BCUT2D eigenvalue weighted by molar-refractivity contribution is 6.00. The number of hydrogen-bond acceptors (Lipinski definition) is 6. The van der Waals surface area contributed by atoms with E-state index in [0.717, 1.165) is 36.0 Å².